The summed E-state index contributed by atoms with van der Waals surface area (Å²) < 4.78 is 8.35. The molecule has 0 radical (unpaired) electrons. The molecule has 6 nitrogen and oxygen atoms in total. The smallest absolute Gasteiger partial charge is 0.410 e. The van der Waals surface area contributed by atoms with E-state index in [2.05, 4.69) is 26.0 Å². The lowest BCUT2D eigenvalue weighted by Crippen LogP contribution is -2.36. The average Bonchev–Trinajstić information content (AvgIpc) is 2.70. The van der Waals surface area contributed by atoms with Gasteiger partial charge in [0.25, 0.3) is 0 Å². The molecule has 2 aromatic rings. The number of halogens is 1. The first-order valence-electron chi connectivity index (χ1n) is 7.99. The molecular weight excluding hydrogens is 372 g/mol. The quantitative estimate of drug-likeness (QED) is 0.739. The first kappa shape index (κ1) is 17.0. The van der Waals surface area contributed by atoms with E-state index in [1.807, 2.05) is 43.7 Å². The number of aryl methyl sites for hydroxylation is 1. The minimum absolute atomic E-state index is 0.288. The van der Waals surface area contributed by atoms with Crippen LogP contribution in [0.1, 0.15) is 32.9 Å². The fourth-order valence-electron chi connectivity index (χ4n) is 2.63. The molecule has 1 amide bonds. The maximum atomic E-state index is 12.4. The van der Waals surface area contributed by atoms with Gasteiger partial charge < -0.3 is 9.64 Å². The van der Waals surface area contributed by atoms with E-state index in [1.54, 1.807) is 11.1 Å². The van der Waals surface area contributed by atoms with Crippen LogP contribution in [0.3, 0.4) is 0 Å². The predicted molar refractivity (Wildman–Crippen MR) is 94.4 cm³/mol. The molecule has 0 aliphatic carbocycles. The lowest BCUT2D eigenvalue weighted by atomic mass is 10.2. The van der Waals surface area contributed by atoms with E-state index in [-0.39, 0.29) is 6.09 Å². The lowest BCUT2D eigenvalue weighted by Gasteiger charge is -2.26. The summed E-state index contributed by atoms with van der Waals surface area (Å²) in [5, 5.41) is 4.68. The van der Waals surface area contributed by atoms with Gasteiger partial charge >= 0.3 is 6.09 Å². The third-order valence-corrected chi connectivity index (χ3v) is 4.52. The summed E-state index contributed by atoms with van der Waals surface area (Å²) in [6.45, 7) is 7.52. The lowest BCUT2D eigenvalue weighted by molar-refractivity contribution is 0.0236. The van der Waals surface area contributed by atoms with Gasteiger partial charge in [-0.1, -0.05) is 6.07 Å². The summed E-state index contributed by atoms with van der Waals surface area (Å²) in [5.74, 6) is 0. The Morgan fingerprint density at radius 3 is 2.75 bits per heavy atom. The van der Waals surface area contributed by atoms with Crippen LogP contribution in [0.15, 0.2) is 28.9 Å². The van der Waals surface area contributed by atoms with E-state index in [0.717, 1.165) is 34.5 Å². The number of aromatic nitrogens is 3. The number of rotatable bonds is 1. The van der Waals surface area contributed by atoms with Gasteiger partial charge in [-0.05, 0) is 55.3 Å². The van der Waals surface area contributed by atoms with E-state index in [4.69, 9.17) is 4.74 Å². The van der Waals surface area contributed by atoms with E-state index in [0.29, 0.717) is 13.1 Å². The number of amides is 1. The number of hydrogen-bond acceptors (Lipinski definition) is 4. The van der Waals surface area contributed by atoms with E-state index >= 15 is 0 Å². The Labute approximate surface area is 149 Å². The minimum Gasteiger partial charge on any atom is -0.444 e. The summed E-state index contributed by atoms with van der Waals surface area (Å²) in [6, 6.07) is 5.74. The molecule has 0 saturated carbocycles. The van der Waals surface area contributed by atoms with Crippen molar-refractivity contribution >= 4 is 22.0 Å². The summed E-state index contributed by atoms with van der Waals surface area (Å²) in [4.78, 5) is 18.5. The molecule has 0 unspecified atom stereocenters. The van der Waals surface area contributed by atoms with E-state index < -0.39 is 5.60 Å². The summed E-state index contributed by atoms with van der Waals surface area (Å²) >= 11 is 3.64. The monoisotopic (exact) mass is 392 g/mol. The van der Waals surface area contributed by atoms with Gasteiger partial charge in [0.05, 0.1) is 22.4 Å². The molecule has 1 aliphatic rings. The highest BCUT2D eigenvalue weighted by atomic mass is 79.9. The molecule has 0 atom stereocenters. The Morgan fingerprint density at radius 2 is 2.08 bits per heavy atom. The minimum atomic E-state index is -0.500. The van der Waals surface area contributed by atoms with Crippen molar-refractivity contribution in [2.75, 3.05) is 6.54 Å². The van der Waals surface area contributed by atoms with Crippen molar-refractivity contribution in [1.82, 2.24) is 19.7 Å². The molecular formula is C17H21BrN4O2. The van der Waals surface area contributed by atoms with Gasteiger partial charge in [-0.25, -0.2) is 4.79 Å². The van der Waals surface area contributed by atoms with Crippen LogP contribution in [-0.2, 0) is 17.8 Å². The van der Waals surface area contributed by atoms with Gasteiger partial charge in [-0.2, -0.15) is 5.10 Å². The number of pyridine rings is 1. The maximum Gasteiger partial charge on any atom is 0.410 e. The molecule has 0 spiro atoms. The zero-order valence-electron chi connectivity index (χ0n) is 14.1. The largest absolute Gasteiger partial charge is 0.444 e. The fourth-order valence-corrected chi connectivity index (χ4v) is 3.24. The van der Waals surface area contributed by atoms with E-state index in [1.165, 1.54) is 0 Å². The van der Waals surface area contributed by atoms with Gasteiger partial charge in [-0.15, -0.1) is 0 Å². The molecule has 3 rings (SSSR count). The van der Waals surface area contributed by atoms with Crippen LogP contribution in [0.4, 0.5) is 4.79 Å². The first-order chi connectivity index (χ1) is 11.3. The Morgan fingerprint density at radius 1 is 1.29 bits per heavy atom. The van der Waals surface area contributed by atoms with Gasteiger partial charge in [-0.3, -0.25) is 9.67 Å². The molecule has 2 aromatic heterocycles. The predicted octanol–water partition coefficient (Wildman–Crippen LogP) is 3.85. The van der Waals surface area contributed by atoms with Gasteiger partial charge in [0.15, 0.2) is 0 Å². The number of carbonyl (C=O) groups excluding carboxylic acids is 1. The van der Waals surface area contributed by atoms with Crippen LogP contribution in [0.2, 0.25) is 0 Å². The maximum absolute atomic E-state index is 12.4. The fraction of sp³-hybridized carbons (Fsp3) is 0.471. The first-order valence-corrected chi connectivity index (χ1v) is 8.79. The Hall–Kier alpha value is -1.89. The second-order valence-electron chi connectivity index (χ2n) is 6.80. The zero-order valence-corrected chi connectivity index (χ0v) is 15.7. The summed E-state index contributed by atoms with van der Waals surface area (Å²) in [5.41, 5.74) is 2.09. The highest BCUT2D eigenvalue weighted by Gasteiger charge is 2.28. The van der Waals surface area contributed by atoms with Gasteiger partial charge in [0, 0.05) is 19.3 Å². The molecule has 0 aromatic carbocycles. The van der Waals surface area contributed by atoms with Crippen molar-refractivity contribution in [3.05, 3.63) is 34.6 Å². The van der Waals surface area contributed by atoms with Crippen LogP contribution in [0, 0.1) is 0 Å². The average molecular weight is 393 g/mol. The third kappa shape index (κ3) is 3.61. The molecule has 1 aliphatic heterocycles. The van der Waals surface area contributed by atoms with E-state index in [9.17, 15) is 4.79 Å². The Balaban J connectivity index is 1.88. The van der Waals surface area contributed by atoms with Crippen LogP contribution in [0.25, 0.3) is 11.4 Å². The molecule has 3 heterocycles. The SMILES string of the molecule is CC(C)(C)OC(=O)N1CCCn2nc(-c3ccccn3)c(Br)c2C1. The summed E-state index contributed by atoms with van der Waals surface area (Å²) in [7, 11) is 0. The molecule has 0 saturated heterocycles. The molecule has 0 bridgehead atoms. The topological polar surface area (TPSA) is 60.2 Å². The number of ether oxygens (including phenoxy) is 1. The zero-order chi connectivity index (χ0) is 17.3. The van der Waals surface area contributed by atoms with Crippen LogP contribution in [0.5, 0.6) is 0 Å². The van der Waals surface area contributed by atoms with Crippen molar-refractivity contribution in [2.24, 2.45) is 0 Å². The third-order valence-electron chi connectivity index (χ3n) is 3.69. The Kier molecular flexibility index (Phi) is 4.62. The molecule has 0 N–H and O–H groups in total. The normalized spacial score (nSPS) is 14.9. The number of fused-ring (bicyclic) bond motifs is 1. The van der Waals surface area contributed by atoms with Crippen LogP contribution in [-0.4, -0.2) is 37.9 Å². The van der Waals surface area contributed by atoms with Crippen molar-refractivity contribution in [2.45, 2.75) is 45.9 Å². The van der Waals surface area contributed by atoms with Crippen LogP contribution >= 0.6 is 15.9 Å². The van der Waals surface area contributed by atoms with Crippen molar-refractivity contribution < 1.29 is 9.53 Å². The number of carbonyl (C=O) groups is 1. The van der Waals surface area contributed by atoms with Crippen molar-refractivity contribution in [3.8, 4) is 11.4 Å². The van der Waals surface area contributed by atoms with Crippen molar-refractivity contribution in [1.29, 1.82) is 0 Å². The second kappa shape index (κ2) is 6.55. The highest BCUT2D eigenvalue weighted by molar-refractivity contribution is 9.10. The summed E-state index contributed by atoms with van der Waals surface area (Å²) in [6.07, 6.45) is 2.30. The number of hydrogen-bond donors (Lipinski definition) is 0. The Bertz CT molecular complexity index is 737. The molecule has 0 fully saturated rings. The van der Waals surface area contributed by atoms with Gasteiger partial charge in [0.1, 0.15) is 11.3 Å². The number of nitrogens with zero attached hydrogens (tertiary/aromatic N) is 4. The van der Waals surface area contributed by atoms with Gasteiger partial charge in [0.2, 0.25) is 0 Å². The van der Waals surface area contributed by atoms with Crippen LogP contribution < -0.4 is 0 Å². The highest BCUT2D eigenvalue weighted by Crippen LogP contribution is 2.31. The molecule has 128 valence electrons. The molecule has 24 heavy (non-hydrogen) atoms. The second-order valence-corrected chi connectivity index (χ2v) is 7.60. The molecule has 7 heteroatoms. The van der Waals surface area contributed by atoms with Crippen molar-refractivity contribution in [3.63, 3.8) is 0 Å². The standard InChI is InChI=1S/C17H21BrN4O2/c1-17(2,3)24-16(23)21-9-6-10-22-13(11-21)14(18)15(20-22)12-7-4-5-8-19-12/h4-5,7-8H,6,9-11H2,1-3H3.